The second-order valence-electron chi connectivity index (χ2n) is 12.7. The van der Waals surface area contributed by atoms with Crippen molar-refractivity contribution in [2.75, 3.05) is 31.0 Å². The van der Waals surface area contributed by atoms with Crippen LogP contribution in [-0.4, -0.2) is 99.8 Å². The number of benzene rings is 1. The zero-order chi connectivity index (χ0) is 30.7. The van der Waals surface area contributed by atoms with Crippen molar-refractivity contribution in [1.82, 2.24) is 0 Å². The van der Waals surface area contributed by atoms with Crippen molar-refractivity contribution in [3.63, 3.8) is 0 Å². The molecular weight excluding hydrogens is 580 g/mol. The standard InChI is InChI=1S/C31H42O9S2/c1-17-19(32)13-31(36)26(40-27(34)18-10-8-7-9-11-18)24-29(4,20(38-15-41-5)12-21-30(24,35)14-37-21)25(33)23(39-16-42-6)22(17)28(31,2)3/h7-11,19-21,23-24,26,32,35-36H,12-16H2,1-6H3/t19-,20-,21+,23+,24-,26-,29+,30-,31+/m0/s1. The largest absolute Gasteiger partial charge is 0.455 e. The lowest BCUT2D eigenvalue weighted by atomic mass is 9.44. The predicted octanol–water partition coefficient (Wildman–Crippen LogP) is 3.20. The van der Waals surface area contributed by atoms with Crippen molar-refractivity contribution in [2.24, 2.45) is 16.7 Å². The van der Waals surface area contributed by atoms with E-state index in [9.17, 15) is 20.1 Å². The molecule has 1 aromatic rings. The second-order valence-corrected chi connectivity index (χ2v) is 14.4. The highest BCUT2D eigenvalue weighted by molar-refractivity contribution is 7.98. The van der Waals surface area contributed by atoms with Gasteiger partial charge in [-0.2, -0.15) is 0 Å². The number of ketones is 1. The number of Topliss-reactive ketones (excluding diaryl/α,β-unsaturated/α-hetero) is 1. The number of fused-ring (bicyclic) bond motifs is 5. The molecule has 1 heterocycles. The van der Waals surface area contributed by atoms with Crippen molar-refractivity contribution < 1.29 is 43.9 Å². The highest BCUT2D eigenvalue weighted by Crippen LogP contribution is 2.63. The number of ether oxygens (including phenoxy) is 4. The maximum Gasteiger partial charge on any atom is 0.338 e. The Morgan fingerprint density at radius 2 is 1.71 bits per heavy atom. The van der Waals surface area contributed by atoms with Crippen LogP contribution in [0.25, 0.3) is 0 Å². The quantitative estimate of drug-likeness (QED) is 0.224. The fraction of sp³-hybridized carbons (Fsp3) is 0.677. The van der Waals surface area contributed by atoms with E-state index in [0.717, 1.165) is 0 Å². The Hall–Kier alpha value is -1.44. The number of thioether (sulfide) groups is 2. The molecule has 1 aliphatic heterocycles. The van der Waals surface area contributed by atoms with Gasteiger partial charge in [0.1, 0.15) is 23.4 Å². The summed E-state index contributed by atoms with van der Waals surface area (Å²) in [6, 6.07) is 8.41. The van der Waals surface area contributed by atoms with Crippen molar-refractivity contribution in [1.29, 1.82) is 0 Å². The smallest absolute Gasteiger partial charge is 0.338 e. The van der Waals surface area contributed by atoms with Gasteiger partial charge in [-0.25, -0.2) is 4.79 Å². The lowest BCUT2D eigenvalue weighted by Crippen LogP contribution is -2.81. The van der Waals surface area contributed by atoms with Crippen LogP contribution in [-0.2, 0) is 23.7 Å². The first-order chi connectivity index (χ1) is 19.8. The van der Waals surface area contributed by atoms with Gasteiger partial charge in [-0.15, -0.1) is 23.5 Å². The number of carbonyl (C=O) groups excluding carboxylic acids is 2. The first-order valence-electron chi connectivity index (χ1n) is 14.3. The van der Waals surface area contributed by atoms with E-state index in [2.05, 4.69) is 0 Å². The summed E-state index contributed by atoms with van der Waals surface area (Å²) in [6.45, 7) is 6.96. The monoisotopic (exact) mass is 622 g/mol. The van der Waals surface area contributed by atoms with Gasteiger partial charge in [0.15, 0.2) is 5.78 Å². The number of aliphatic hydroxyl groups is 3. The average molecular weight is 623 g/mol. The second kappa shape index (κ2) is 11.5. The Balaban J connectivity index is 1.79. The molecule has 0 spiro atoms. The van der Waals surface area contributed by atoms with Crippen molar-refractivity contribution in [3.05, 3.63) is 47.0 Å². The first kappa shape index (κ1) is 32.0. The molecule has 0 unspecified atom stereocenters. The molecule has 42 heavy (non-hydrogen) atoms. The highest BCUT2D eigenvalue weighted by atomic mass is 32.2. The van der Waals surface area contributed by atoms with E-state index in [4.69, 9.17) is 18.9 Å². The lowest BCUT2D eigenvalue weighted by molar-refractivity contribution is -0.345. The summed E-state index contributed by atoms with van der Waals surface area (Å²) in [5.74, 6) is -1.71. The average Bonchev–Trinajstić information content (AvgIpc) is 2.95. The lowest BCUT2D eigenvalue weighted by Gasteiger charge is -2.67. The van der Waals surface area contributed by atoms with Gasteiger partial charge in [-0.3, -0.25) is 4.79 Å². The Bertz CT molecular complexity index is 1240. The SMILES string of the molecule is CSCO[C@H]1C(=O)[C@]2(C)[C@@H](OCSC)C[C@H]3OC[C@@]3(O)[C@H]2[C@H](OC(=O)c2ccccc2)[C@]2(O)C[C@H](O)C(C)=C1C2(C)C. The minimum Gasteiger partial charge on any atom is -0.455 e. The summed E-state index contributed by atoms with van der Waals surface area (Å²) < 4.78 is 24.7. The zero-order valence-electron chi connectivity index (χ0n) is 25.0. The predicted molar refractivity (Wildman–Crippen MR) is 160 cm³/mol. The molecule has 1 saturated heterocycles. The number of carbonyl (C=O) groups is 2. The van der Waals surface area contributed by atoms with Gasteiger partial charge in [0.05, 0.1) is 47.8 Å². The van der Waals surface area contributed by atoms with E-state index in [1.807, 2.05) is 12.5 Å². The van der Waals surface area contributed by atoms with Crippen LogP contribution in [0.1, 0.15) is 50.9 Å². The summed E-state index contributed by atoms with van der Waals surface area (Å²) in [5.41, 5.74) is -4.92. The summed E-state index contributed by atoms with van der Waals surface area (Å²) in [5, 5.41) is 36.6. The fourth-order valence-corrected chi connectivity index (χ4v) is 8.47. The van der Waals surface area contributed by atoms with E-state index < -0.39 is 64.4 Å². The molecule has 0 aromatic heterocycles. The zero-order valence-corrected chi connectivity index (χ0v) is 26.6. The Morgan fingerprint density at radius 3 is 2.31 bits per heavy atom. The molecule has 2 bridgehead atoms. The fourth-order valence-electron chi connectivity index (χ4n) is 7.90. The van der Waals surface area contributed by atoms with Gasteiger partial charge in [0.25, 0.3) is 0 Å². The maximum atomic E-state index is 15.1. The third-order valence-electron chi connectivity index (χ3n) is 10.3. The normalized spacial score (nSPS) is 40.7. The van der Waals surface area contributed by atoms with E-state index in [-0.39, 0.29) is 42.7 Å². The molecule has 2 saturated carbocycles. The van der Waals surface area contributed by atoms with E-state index in [1.165, 1.54) is 23.5 Å². The van der Waals surface area contributed by atoms with Crippen LogP contribution in [0.4, 0.5) is 0 Å². The van der Waals surface area contributed by atoms with Crippen LogP contribution in [0.2, 0.25) is 0 Å². The van der Waals surface area contributed by atoms with E-state index in [1.54, 1.807) is 58.0 Å². The summed E-state index contributed by atoms with van der Waals surface area (Å²) >= 11 is 2.86. The Kier molecular flexibility index (Phi) is 8.74. The van der Waals surface area contributed by atoms with Gasteiger partial charge < -0.3 is 34.3 Å². The van der Waals surface area contributed by atoms with Gasteiger partial charge in [0, 0.05) is 24.2 Å². The van der Waals surface area contributed by atoms with Crippen LogP contribution in [0.15, 0.2) is 41.5 Å². The molecule has 3 fully saturated rings. The molecule has 232 valence electrons. The molecular formula is C31H42O9S2. The van der Waals surface area contributed by atoms with Crippen molar-refractivity contribution in [3.8, 4) is 0 Å². The number of aliphatic hydroxyl groups excluding tert-OH is 1. The highest BCUT2D eigenvalue weighted by Gasteiger charge is 2.76. The Morgan fingerprint density at radius 1 is 1.07 bits per heavy atom. The van der Waals surface area contributed by atoms with E-state index in [0.29, 0.717) is 11.1 Å². The molecule has 0 amide bonds. The third kappa shape index (κ3) is 4.62. The van der Waals surface area contributed by atoms with Crippen LogP contribution in [0.3, 0.4) is 0 Å². The first-order valence-corrected chi connectivity index (χ1v) is 17.0. The number of esters is 1. The molecule has 3 aliphatic carbocycles. The summed E-state index contributed by atoms with van der Waals surface area (Å²) in [6.07, 6.45) is -1.29. The molecule has 0 radical (unpaired) electrons. The van der Waals surface area contributed by atoms with Gasteiger partial charge in [-0.05, 0) is 49.6 Å². The maximum absolute atomic E-state index is 15.1. The van der Waals surface area contributed by atoms with Crippen LogP contribution in [0, 0.1) is 16.7 Å². The minimum atomic E-state index is -1.91. The number of rotatable bonds is 8. The molecule has 4 aliphatic rings. The van der Waals surface area contributed by atoms with Crippen molar-refractivity contribution >= 4 is 35.3 Å². The topological polar surface area (TPSA) is 132 Å². The molecule has 1 aromatic carbocycles. The number of hydrogen-bond donors (Lipinski definition) is 3. The van der Waals surface area contributed by atoms with Gasteiger partial charge in [0.2, 0.25) is 0 Å². The van der Waals surface area contributed by atoms with Gasteiger partial charge in [-0.1, -0.05) is 32.0 Å². The number of hydrogen-bond acceptors (Lipinski definition) is 11. The summed E-state index contributed by atoms with van der Waals surface area (Å²) in [4.78, 5) is 28.8. The van der Waals surface area contributed by atoms with Crippen LogP contribution in [0.5, 0.6) is 0 Å². The third-order valence-corrected chi connectivity index (χ3v) is 11.1. The minimum absolute atomic E-state index is 0.100. The van der Waals surface area contributed by atoms with Crippen LogP contribution >= 0.6 is 23.5 Å². The summed E-state index contributed by atoms with van der Waals surface area (Å²) in [7, 11) is 0. The molecule has 5 rings (SSSR count). The Labute approximate surface area is 255 Å². The van der Waals surface area contributed by atoms with Crippen molar-refractivity contribution in [2.45, 2.75) is 82.3 Å². The molecule has 9 atom stereocenters. The molecule has 9 nitrogen and oxygen atoms in total. The van der Waals surface area contributed by atoms with Crippen LogP contribution < -0.4 is 0 Å². The molecule has 11 heteroatoms. The van der Waals surface area contributed by atoms with Gasteiger partial charge >= 0.3 is 5.97 Å². The van der Waals surface area contributed by atoms with E-state index >= 15 is 4.79 Å². The molecule has 3 N–H and O–H groups in total.